The normalized spacial score (nSPS) is 12.5. The van der Waals surface area contributed by atoms with Gasteiger partial charge in [0.05, 0.1) is 0 Å². The van der Waals surface area contributed by atoms with Crippen LogP contribution in [-0.2, 0) is 0 Å². The van der Waals surface area contributed by atoms with Crippen molar-refractivity contribution in [2.24, 2.45) is 0 Å². The predicted molar refractivity (Wildman–Crippen MR) is 147 cm³/mol. The molecule has 1 nitrogen and oxygen atoms in total. The van der Waals surface area contributed by atoms with Crippen molar-refractivity contribution >= 4 is 31.9 Å². The van der Waals surface area contributed by atoms with E-state index in [0.29, 0.717) is 0 Å². The third-order valence-electron chi connectivity index (χ3n) is 6.68. The van der Waals surface area contributed by atoms with E-state index in [1.165, 1.54) is 14.0 Å². The summed E-state index contributed by atoms with van der Waals surface area (Å²) in [7, 11) is 0. The molecular formula is C32H29OSb. The third-order valence-corrected chi connectivity index (χ3v) is 22.9. The Hall–Kier alpha value is -3.28. The molecule has 2 heteroatoms. The number of benzene rings is 5. The van der Waals surface area contributed by atoms with Crippen LogP contribution in [0.1, 0.15) is 11.1 Å². The van der Waals surface area contributed by atoms with E-state index in [0.717, 1.165) is 16.9 Å². The average Bonchev–Trinajstić information content (AvgIpc) is 2.91. The molecule has 0 aliphatic heterocycles. The minimum atomic E-state index is -4.89. The van der Waals surface area contributed by atoms with Crippen molar-refractivity contribution in [2.75, 3.05) is 0 Å². The van der Waals surface area contributed by atoms with Crippen LogP contribution in [0.3, 0.4) is 0 Å². The van der Waals surface area contributed by atoms with Gasteiger partial charge in [-0.3, -0.25) is 0 Å². The van der Waals surface area contributed by atoms with Crippen LogP contribution in [0.4, 0.5) is 0 Å². The van der Waals surface area contributed by atoms with Gasteiger partial charge in [0.15, 0.2) is 0 Å². The summed E-state index contributed by atoms with van der Waals surface area (Å²) in [6, 6.07) is 50.0. The molecule has 0 heterocycles. The monoisotopic (exact) mass is 550 g/mol. The second kappa shape index (κ2) is 9.16. The fourth-order valence-electron chi connectivity index (χ4n) is 5.08. The van der Waals surface area contributed by atoms with Crippen LogP contribution in [-0.4, -0.2) is 17.8 Å². The van der Waals surface area contributed by atoms with Crippen molar-refractivity contribution in [1.82, 2.24) is 0 Å². The van der Waals surface area contributed by atoms with Crippen LogP contribution in [0.25, 0.3) is 0 Å². The van der Waals surface area contributed by atoms with Crippen LogP contribution < -0.4 is 17.1 Å². The van der Waals surface area contributed by atoms with Gasteiger partial charge < -0.3 is 0 Å². The van der Waals surface area contributed by atoms with E-state index in [1.807, 2.05) is 0 Å². The van der Waals surface area contributed by atoms with Crippen molar-refractivity contribution in [1.29, 1.82) is 0 Å². The van der Waals surface area contributed by atoms with E-state index < -0.39 is 17.8 Å². The van der Waals surface area contributed by atoms with Crippen molar-refractivity contribution in [3.05, 3.63) is 151 Å². The Morgan fingerprint density at radius 2 is 0.676 bits per heavy atom. The molecule has 0 saturated carbocycles. The van der Waals surface area contributed by atoms with E-state index in [2.05, 4.69) is 153 Å². The second-order valence-corrected chi connectivity index (χ2v) is 21.0. The van der Waals surface area contributed by atoms with Gasteiger partial charge in [0.1, 0.15) is 0 Å². The van der Waals surface area contributed by atoms with Gasteiger partial charge in [0, 0.05) is 0 Å². The van der Waals surface area contributed by atoms with Crippen LogP contribution in [0, 0.1) is 13.8 Å². The van der Waals surface area contributed by atoms with Crippen LogP contribution in [0.2, 0.25) is 0 Å². The standard InChI is InChI=1S/C8H10O.4C6H5.Sb/c1-6-4-3-5-7(2)8(6)9;4*1-2-4-6-5-3-1;/h3-5,9H,1-2H3;4*1-5H;/q;;;;;+1/p-1. The number of hydrogen-bond donors (Lipinski definition) is 0. The molecule has 168 valence electrons. The fraction of sp³-hybridized carbons (Fsp3) is 0.0625. The van der Waals surface area contributed by atoms with Gasteiger partial charge in [0.25, 0.3) is 0 Å². The van der Waals surface area contributed by atoms with E-state index in [9.17, 15) is 0 Å². The van der Waals surface area contributed by atoms with Gasteiger partial charge in [-0.25, -0.2) is 0 Å². The Labute approximate surface area is 204 Å². The third kappa shape index (κ3) is 3.39. The summed E-state index contributed by atoms with van der Waals surface area (Å²) in [4.78, 5) is 0. The Kier molecular flexibility index (Phi) is 6.07. The number of aryl methyl sites for hydroxylation is 2. The van der Waals surface area contributed by atoms with Crippen LogP contribution in [0.5, 0.6) is 5.75 Å². The molecule has 0 saturated heterocycles. The first-order valence-electron chi connectivity index (χ1n) is 11.7. The zero-order valence-electron chi connectivity index (χ0n) is 19.6. The zero-order valence-corrected chi connectivity index (χ0v) is 22.2. The fourth-order valence-corrected chi connectivity index (χ4v) is 21.7. The summed E-state index contributed by atoms with van der Waals surface area (Å²) in [5.74, 6) is 0.977. The summed E-state index contributed by atoms with van der Waals surface area (Å²) >= 11 is -4.89. The van der Waals surface area contributed by atoms with E-state index >= 15 is 0 Å². The van der Waals surface area contributed by atoms with Crippen molar-refractivity contribution < 1.29 is 3.02 Å². The van der Waals surface area contributed by atoms with E-state index in [4.69, 9.17) is 3.02 Å². The van der Waals surface area contributed by atoms with E-state index in [1.54, 1.807) is 0 Å². The summed E-state index contributed by atoms with van der Waals surface area (Å²) in [5.41, 5.74) is 2.30. The molecule has 5 aromatic carbocycles. The first-order valence-corrected chi connectivity index (χ1v) is 17.8. The topological polar surface area (TPSA) is 9.23 Å². The van der Waals surface area contributed by atoms with Crippen molar-refractivity contribution in [3.8, 4) is 5.75 Å². The van der Waals surface area contributed by atoms with Gasteiger partial charge in [-0.15, -0.1) is 0 Å². The molecule has 0 atom stereocenters. The quantitative estimate of drug-likeness (QED) is 0.264. The molecule has 34 heavy (non-hydrogen) atoms. The molecule has 0 bridgehead atoms. The van der Waals surface area contributed by atoms with Crippen LogP contribution >= 0.6 is 0 Å². The predicted octanol–water partition coefficient (Wildman–Crippen LogP) is 5.21. The summed E-state index contributed by atoms with van der Waals surface area (Å²) < 4.78 is 12.8. The Morgan fingerprint density at radius 1 is 0.382 bits per heavy atom. The molecule has 0 spiro atoms. The van der Waals surface area contributed by atoms with Crippen molar-refractivity contribution in [2.45, 2.75) is 13.8 Å². The number of hydrogen-bond acceptors (Lipinski definition) is 1. The zero-order chi connectivity index (χ0) is 23.5. The van der Waals surface area contributed by atoms with Crippen molar-refractivity contribution in [3.63, 3.8) is 0 Å². The summed E-state index contributed by atoms with van der Waals surface area (Å²) in [6.45, 7) is 4.30. The minimum absolute atomic E-state index is 0.977. The van der Waals surface area contributed by atoms with Crippen LogP contribution in [0.15, 0.2) is 140 Å². The first kappa shape index (κ1) is 22.5. The van der Waals surface area contributed by atoms with Gasteiger partial charge in [-0.05, 0) is 0 Å². The SMILES string of the molecule is Cc1cccc(C)c1[O][Sb]([c]1ccccc1)([c]1ccccc1)([c]1ccccc1)[c]1ccccc1. The van der Waals surface area contributed by atoms with Gasteiger partial charge in [-0.2, -0.15) is 0 Å². The molecule has 5 aromatic rings. The maximum atomic E-state index is 7.80. The van der Waals surface area contributed by atoms with E-state index in [-0.39, 0.29) is 0 Å². The maximum absolute atomic E-state index is 7.80. The molecule has 0 N–H and O–H groups in total. The molecular weight excluding hydrogens is 522 g/mol. The number of rotatable bonds is 6. The molecule has 0 radical (unpaired) electrons. The molecule has 0 aliphatic rings. The summed E-state index contributed by atoms with van der Waals surface area (Å²) in [5, 5.41) is 0. The number of para-hydroxylation sites is 1. The molecule has 0 unspecified atom stereocenters. The molecule has 0 amide bonds. The molecule has 0 fully saturated rings. The molecule has 5 rings (SSSR count). The van der Waals surface area contributed by atoms with Gasteiger partial charge >= 0.3 is 205 Å². The first-order chi connectivity index (χ1) is 16.7. The second-order valence-electron chi connectivity index (χ2n) is 8.69. The average molecular weight is 551 g/mol. The molecule has 0 aromatic heterocycles. The molecule has 0 aliphatic carbocycles. The van der Waals surface area contributed by atoms with Gasteiger partial charge in [-0.1, -0.05) is 0 Å². The Bertz CT molecular complexity index is 1190. The Balaban J connectivity index is 2.06. The Morgan fingerprint density at radius 3 is 0.971 bits per heavy atom. The van der Waals surface area contributed by atoms with Gasteiger partial charge in [0.2, 0.25) is 0 Å². The summed E-state index contributed by atoms with van der Waals surface area (Å²) in [6.07, 6.45) is 0.